The van der Waals surface area contributed by atoms with Crippen LogP contribution in [0, 0.1) is 0 Å². The third kappa shape index (κ3) is 8.98. The number of hydrogen-bond donors (Lipinski definition) is 0. The lowest BCUT2D eigenvalue weighted by molar-refractivity contribution is -0.151. The van der Waals surface area contributed by atoms with Crippen LogP contribution in [0.25, 0.3) is 0 Å². The van der Waals surface area contributed by atoms with Gasteiger partial charge >= 0.3 is 5.97 Å². The highest BCUT2D eigenvalue weighted by atomic mass is 32.2. The monoisotopic (exact) mass is 450 g/mol. The van der Waals surface area contributed by atoms with E-state index in [4.69, 9.17) is 14.2 Å². The molecule has 0 fully saturated rings. The number of benzene rings is 2. The zero-order chi connectivity index (χ0) is 22.9. The standard InChI is InChI=1S/C23H30O7S/c1-5-27-23(24)22(30-21-12-8-19(9-13-21)17(2)3)16-18-6-10-20(11-7-18)28-14-15-29-31(4,25)26/h6-13,17,22H,5,14-16H2,1-4H3. The molecule has 0 bridgehead atoms. The molecule has 0 radical (unpaired) electrons. The molecule has 31 heavy (non-hydrogen) atoms. The van der Waals surface area contributed by atoms with Gasteiger partial charge in [-0.2, -0.15) is 8.42 Å². The minimum atomic E-state index is -3.48. The molecule has 0 aliphatic rings. The van der Waals surface area contributed by atoms with Gasteiger partial charge in [-0.05, 0) is 48.2 Å². The Morgan fingerprint density at radius 2 is 1.55 bits per heavy atom. The van der Waals surface area contributed by atoms with Gasteiger partial charge in [-0.3, -0.25) is 4.18 Å². The van der Waals surface area contributed by atoms with E-state index in [1.165, 1.54) is 5.56 Å². The summed E-state index contributed by atoms with van der Waals surface area (Å²) in [4.78, 5) is 12.4. The first-order valence-electron chi connectivity index (χ1n) is 10.2. The van der Waals surface area contributed by atoms with Crippen molar-refractivity contribution in [2.45, 2.75) is 39.2 Å². The maximum absolute atomic E-state index is 12.4. The van der Waals surface area contributed by atoms with Crippen molar-refractivity contribution in [3.8, 4) is 11.5 Å². The molecule has 0 aromatic heterocycles. The summed E-state index contributed by atoms with van der Waals surface area (Å²) in [5, 5.41) is 0. The third-order valence-corrected chi connectivity index (χ3v) is 4.96. The van der Waals surface area contributed by atoms with Crippen molar-refractivity contribution < 1.29 is 31.6 Å². The Balaban J connectivity index is 1.99. The molecule has 8 heteroatoms. The van der Waals surface area contributed by atoms with Crippen molar-refractivity contribution >= 4 is 16.1 Å². The second-order valence-electron chi connectivity index (χ2n) is 7.30. The summed E-state index contributed by atoms with van der Waals surface area (Å²) in [5.41, 5.74) is 2.06. The van der Waals surface area contributed by atoms with E-state index in [-0.39, 0.29) is 19.8 Å². The summed E-state index contributed by atoms with van der Waals surface area (Å²) in [7, 11) is -3.48. The second-order valence-corrected chi connectivity index (χ2v) is 8.95. The van der Waals surface area contributed by atoms with Crippen LogP contribution in [-0.4, -0.2) is 46.6 Å². The minimum Gasteiger partial charge on any atom is -0.491 e. The predicted molar refractivity (Wildman–Crippen MR) is 118 cm³/mol. The summed E-state index contributed by atoms with van der Waals surface area (Å²) in [5.74, 6) is 1.16. The number of ether oxygens (including phenoxy) is 3. The van der Waals surface area contributed by atoms with Gasteiger partial charge < -0.3 is 14.2 Å². The zero-order valence-corrected chi connectivity index (χ0v) is 19.2. The van der Waals surface area contributed by atoms with Crippen molar-refractivity contribution in [3.05, 3.63) is 59.7 Å². The van der Waals surface area contributed by atoms with Crippen LogP contribution in [0.2, 0.25) is 0 Å². The molecule has 170 valence electrons. The average molecular weight is 451 g/mol. The molecule has 2 rings (SSSR count). The number of hydrogen-bond acceptors (Lipinski definition) is 7. The lowest BCUT2D eigenvalue weighted by Gasteiger charge is -2.18. The van der Waals surface area contributed by atoms with Crippen LogP contribution in [-0.2, 0) is 30.3 Å². The van der Waals surface area contributed by atoms with Crippen LogP contribution in [0.15, 0.2) is 48.5 Å². The first-order valence-corrected chi connectivity index (χ1v) is 12.0. The van der Waals surface area contributed by atoms with E-state index < -0.39 is 22.2 Å². The first-order chi connectivity index (χ1) is 14.7. The van der Waals surface area contributed by atoms with Crippen molar-refractivity contribution in [1.29, 1.82) is 0 Å². The minimum absolute atomic E-state index is 0.0606. The largest absolute Gasteiger partial charge is 0.491 e. The van der Waals surface area contributed by atoms with Crippen molar-refractivity contribution in [3.63, 3.8) is 0 Å². The van der Waals surface area contributed by atoms with Crippen LogP contribution in [0.5, 0.6) is 11.5 Å². The zero-order valence-electron chi connectivity index (χ0n) is 18.4. The van der Waals surface area contributed by atoms with Crippen molar-refractivity contribution in [2.24, 2.45) is 0 Å². The summed E-state index contributed by atoms with van der Waals surface area (Å²) in [6.07, 6.45) is 0.546. The Morgan fingerprint density at radius 1 is 0.935 bits per heavy atom. The third-order valence-electron chi connectivity index (χ3n) is 4.37. The number of carbonyl (C=O) groups is 1. The number of carbonyl (C=O) groups excluding carboxylic acids is 1. The number of rotatable bonds is 12. The van der Waals surface area contributed by atoms with Crippen LogP contribution in [0.3, 0.4) is 0 Å². The summed E-state index contributed by atoms with van der Waals surface area (Å²) < 4.78 is 43.1. The van der Waals surface area contributed by atoms with Gasteiger partial charge in [0, 0.05) is 6.42 Å². The molecular formula is C23H30O7S. The van der Waals surface area contributed by atoms with Crippen LogP contribution < -0.4 is 9.47 Å². The van der Waals surface area contributed by atoms with Gasteiger partial charge in [0.2, 0.25) is 0 Å². The average Bonchev–Trinajstić information content (AvgIpc) is 2.71. The maximum Gasteiger partial charge on any atom is 0.347 e. The molecule has 7 nitrogen and oxygen atoms in total. The SMILES string of the molecule is CCOC(=O)C(Cc1ccc(OCCOS(C)(=O)=O)cc1)Oc1ccc(C(C)C)cc1. The highest BCUT2D eigenvalue weighted by molar-refractivity contribution is 7.85. The van der Waals surface area contributed by atoms with Crippen LogP contribution >= 0.6 is 0 Å². The van der Waals surface area contributed by atoms with Gasteiger partial charge in [-0.1, -0.05) is 38.1 Å². The van der Waals surface area contributed by atoms with E-state index >= 15 is 0 Å². The molecule has 0 N–H and O–H groups in total. The van der Waals surface area contributed by atoms with Gasteiger partial charge in [-0.25, -0.2) is 4.79 Å². The quantitative estimate of drug-likeness (QED) is 0.277. The molecule has 0 heterocycles. The molecule has 0 aliphatic carbocycles. The topological polar surface area (TPSA) is 88.1 Å². The molecule has 2 aromatic carbocycles. The second kappa shape index (κ2) is 11.7. The normalized spacial score (nSPS) is 12.4. The van der Waals surface area contributed by atoms with Crippen LogP contribution in [0.4, 0.5) is 0 Å². The summed E-state index contributed by atoms with van der Waals surface area (Å²) >= 11 is 0. The lowest BCUT2D eigenvalue weighted by atomic mass is 10.0. The smallest absolute Gasteiger partial charge is 0.347 e. The van der Waals surface area contributed by atoms with Gasteiger partial charge in [0.25, 0.3) is 10.1 Å². The fourth-order valence-electron chi connectivity index (χ4n) is 2.78. The first kappa shape index (κ1) is 24.7. The van der Waals surface area contributed by atoms with E-state index in [2.05, 4.69) is 18.0 Å². The molecule has 0 saturated heterocycles. The van der Waals surface area contributed by atoms with Gasteiger partial charge in [0.1, 0.15) is 24.7 Å². The highest BCUT2D eigenvalue weighted by Crippen LogP contribution is 2.21. The fraction of sp³-hybridized carbons (Fsp3) is 0.435. The van der Waals surface area contributed by atoms with Crippen molar-refractivity contribution in [1.82, 2.24) is 0 Å². The fourth-order valence-corrected chi connectivity index (χ4v) is 3.16. The Bertz CT molecular complexity index is 919. The molecule has 1 atom stereocenters. The Morgan fingerprint density at radius 3 is 2.10 bits per heavy atom. The molecule has 0 aliphatic heterocycles. The highest BCUT2D eigenvalue weighted by Gasteiger charge is 2.22. The van der Waals surface area contributed by atoms with E-state index in [0.717, 1.165) is 11.8 Å². The number of esters is 1. The van der Waals surface area contributed by atoms with E-state index in [0.29, 0.717) is 23.8 Å². The Labute approximate surface area is 184 Å². The van der Waals surface area contributed by atoms with E-state index in [1.54, 1.807) is 19.1 Å². The van der Waals surface area contributed by atoms with E-state index in [1.807, 2.05) is 36.4 Å². The van der Waals surface area contributed by atoms with Gasteiger partial charge in [-0.15, -0.1) is 0 Å². The van der Waals surface area contributed by atoms with Gasteiger partial charge in [0.05, 0.1) is 12.9 Å². The molecule has 0 spiro atoms. The van der Waals surface area contributed by atoms with Crippen LogP contribution in [0.1, 0.15) is 37.8 Å². The molecule has 0 amide bonds. The maximum atomic E-state index is 12.4. The van der Waals surface area contributed by atoms with E-state index in [9.17, 15) is 13.2 Å². The Kier molecular flexibility index (Phi) is 9.33. The lowest BCUT2D eigenvalue weighted by Crippen LogP contribution is -2.31. The molecule has 0 saturated carbocycles. The molecule has 1 unspecified atom stereocenters. The summed E-state index contributed by atoms with van der Waals surface area (Å²) in [6.45, 7) is 6.30. The Hall–Kier alpha value is -2.58. The van der Waals surface area contributed by atoms with Crippen molar-refractivity contribution in [2.75, 3.05) is 26.1 Å². The predicted octanol–water partition coefficient (Wildman–Crippen LogP) is 3.72. The molecular weight excluding hydrogens is 420 g/mol. The van der Waals surface area contributed by atoms with Gasteiger partial charge in [0.15, 0.2) is 6.10 Å². The molecule has 2 aromatic rings. The summed E-state index contributed by atoms with van der Waals surface area (Å²) in [6, 6.07) is 14.8.